The molecule has 1 atom stereocenters. The second-order valence-corrected chi connectivity index (χ2v) is 6.26. The molecule has 0 saturated carbocycles. The van der Waals surface area contributed by atoms with Crippen LogP contribution in [0.3, 0.4) is 0 Å². The fourth-order valence-electron chi connectivity index (χ4n) is 2.58. The standard InChI is InChI=1S/C13H23NO4/c1-12(2,3)18-11(16)14-8-6-13(7-9-14)5-4-10(15)17-13/h10,15H,4-9H2,1-3H3/t10-/m0/s1. The lowest BCUT2D eigenvalue weighted by molar-refractivity contribution is -0.152. The van der Waals surface area contributed by atoms with Crippen LogP contribution < -0.4 is 0 Å². The van der Waals surface area contributed by atoms with Crippen molar-refractivity contribution in [3.05, 3.63) is 0 Å². The van der Waals surface area contributed by atoms with E-state index in [0.717, 1.165) is 19.3 Å². The highest BCUT2D eigenvalue weighted by atomic mass is 16.6. The molecule has 18 heavy (non-hydrogen) atoms. The molecule has 0 aromatic heterocycles. The zero-order chi connectivity index (χ0) is 13.4. The molecule has 2 aliphatic rings. The second-order valence-electron chi connectivity index (χ2n) is 6.26. The third kappa shape index (κ3) is 3.14. The maximum atomic E-state index is 11.9. The van der Waals surface area contributed by atoms with E-state index in [1.807, 2.05) is 20.8 Å². The molecule has 0 bridgehead atoms. The summed E-state index contributed by atoms with van der Waals surface area (Å²) < 4.78 is 10.9. The Morgan fingerprint density at radius 2 is 1.94 bits per heavy atom. The van der Waals surface area contributed by atoms with Gasteiger partial charge in [-0.1, -0.05) is 0 Å². The Balaban J connectivity index is 1.85. The van der Waals surface area contributed by atoms with Crippen molar-refractivity contribution in [2.24, 2.45) is 0 Å². The van der Waals surface area contributed by atoms with Gasteiger partial charge in [0.1, 0.15) is 5.60 Å². The molecule has 0 aromatic rings. The fourth-order valence-corrected chi connectivity index (χ4v) is 2.58. The molecule has 0 aliphatic carbocycles. The van der Waals surface area contributed by atoms with Gasteiger partial charge in [-0.25, -0.2) is 4.79 Å². The molecule has 2 fully saturated rings. The number of amides is 1. The summed E-state index contributed by atoms with van der Waals surface area (Å²) in [5, 5.41) is 9.45. The van der Waals surface area contributed by atoms with Crippen LogP contribution in [-0.4, -0.2) is 46.7 Å². The molecule has 0 unspecified atom stereocenters. The van der Waals surface area contributed by atoms with E-state index >= 15 is 0 Å². The SMILES string of the molecule is CC(C)(C)OC(=O)N1CCC2(CC[C@@H](O)O2)CC1. The van der Waals surface area contributed by atoms with Crippen LogP contribution in [0.5, 0.6) is 0 Å². The molecule has 2 heterocycles. The van der Waals surface area contributed by atoms with Crippen molar-refractivity contribution in [2.45, 2.75) is 63.9 Å². The number of carbonyl (C=O) groups is 1. The Morgan fingerprint density at radius 3 is 2.39 bits per heavy atom. The van der Waals surface area contributed by atoms with Gasteiger partial charge < -0.3 is 19.5 Å². The van der Waals surface area contributed by atoms with Gasteiger partial charge in [-0.15, -0.1) is 0 Å². The van der Waals surface area contributed by atoms with E-state index in [1.54, 1.807) is 4.90 Å². The van der Waals surface area contributed by atoms with E-state index in [-0.39, 0.29) is 11.7 Å². The van der Waals surface area contributed by atoms with Gasteiger partial charge in [0.2, 0.25) is 0 Å². The van der Waals surface area contributed by atoms with Gasteiger partial charge in [0.25, 0.3) is 0 Å². The van der Waals surface area contributed by atoms with Crippen LogP contribution in [-0.2, 0) is 9.47 Å². The normalized spacial score (nSPS) is 27.6. The summed E-state index contributed by atoms with van der Waals surface area (Å²) in [4.78, 5) is 13.6. The summed E-state index contributed by atoms with van der Waals surface area (Å²) in [5.74, 6) is 0. The zero-order valence-corrected chi connectivity index (χ0v) is 11.4. The third-order valence-electron chi connectivity index (χ3n) is 3.56. The predicted molar refractivity (Wildman–Crippen MR) is 66.1 cm³/mol. The molecule has 1 spiro atoms. The van der Waals surface area contributed by atoms with E-state index in [4.69, 9.17) is 9.47 Å². The molecule has 0 radical (unpaired) electrons. The number of rotatable bonds is 0. The number of ether oxygens (including phenoxy) is 2. The Labute approximate surface area is 108 Å². The molecule has 5 nitrogen and oxygen atoms in total. The molecule has 0 aromatic carbocycles. The van der Waals surface area contributed by atoms with E-state index in [2.05, 4.69) is 0 Å². The predicted octanol–water partition coefficient (Wildman–Crippen LogP) is 1.88. The molecule has 1 amide bonds. The van der Waals surface area contributed by atoms with Gasteiger partial charge in [0.05, 0.1) is 5.60 Å². The van der Waals surface area contributed by atoms with Crippen molar-refractivity contribution >= 4 is 6.09 Å². The van der Waals surface area contributed by atoms with Gasteiger partial charge in [-0.2, -0.15) is 0 Å². The lowest BCUT2D eigenvalue weighted by atomic mass is 9.89. The summed E-state index contributed by atoms with van der Waals surface area (Å²) in [6, 6.07) is 0. The lowest BCUT2D eigenvalue weighted by Gasteiger charge is -2.39. The number of piperidine rings is 1. The van der Waals surface area contributed by atoms with E-state index in [0.29, 0.717) is 19.5 Å². The smallest absolute Gasteiger partial charge is 0.410 e. The first-order valence-electron chi connectivity index (χ1n) is 6.64. The molecular weight excluding hydrogens is 234 g/mol. The third-order valence-corrected chi connectivity index (χ3v) is 3.56. The Hall–Kier alpha value is -0.810. The Bertz CT molecular complexity index is 315. The maximum Gasteiger partial charge on any atom is 0.410 e. The van der Waals surface area contributed by atoms with Crippen LogP contribution in [0.2, 0.25) is 0 Å². The van der Waals surface area contributed by atoms with Crippen molar-refractivity contribution in [1.82, 2.24) is 4.90 Å². The summed E-state index contributed by atoms with van der Waals surface area (Å²) in [7, 11) is 0. The fraction of sp³-hybridized carbons (Fsp3) is 0.923. The first-order chi connectivity index (χ1) is 8.30. The van der Waals surface area contributed by atoms with E-state index < -0.39 is 11.9 Å². The minimum absolute atomic E-state index is 0.210. The van der Waals surface area contributed by atoms with E-state index in [1.165, 1.54) is 0 Å². The molecule has 104 valence electrons. The molecule has 5 heteroatoms. The number of carbonyl (C=O) groups excluding carboxylic acids is 1. The highest BCUT2D eigenvalue weighted by Gasteiger charge is 2.43. The van der Waals surface area contributed by atoms with Crippen LogP contribution in [0.1, 0.15) is 46.5 Å². The molecule has 1 N–H and O–H groups in total. The zero-order valence-electron chi connectivity index (χ0n) is 11.4. The number of hydrogen-bond acceptors (Lipinski definition) is 4. The van der Waals surface area contributed by atoms with Crippen molar-refractivity contribution < 1.29 is 19.4 Å². The van der Waals surface area contributed by atoms with Crippen molar-refractivity contribution in [2.75, 3.05) is 13.1 Å². The van der Waals surface area contributed by atoms with Crippen LogP contribution in [0.4, 0.5) is 4.79 Å². The van der Waals surface area contributed by atoms with Crippen molar-refractivity contribution in [3.63, 3.8) is 0 Å². The lowest BCUT2D eigenvalue weighted by Crippen LogP contribution is -2.48. The number of aliphatic hydroxyl groups excluding tert-OH is 1. The van der Waals surface area contributed by atoms with Gasteiger partial charge in [-0.05, 0) is 40.0 Å². The number of likely N-dealkylation sites (tertiary alicyclic amines) is 1. The minimum atomic E-state index is -0.627. The number of nitrogens with zero attached hydrogens (tertiary/aromatic N) is 1. The molecule has 2 aliphatic heterocycles. The summed E-state index contributed by atoms with van der Waals surface area (Å²) >= 11 is 0. The monoisotopic (exact) mass is 257 g/mol. The molecule has 2 saturated heterocycles. The van der Waals surface area contributed by atoms with Crippen molar-refractivity contribution in [3.8, 4) is 0 Å². The van der Waals surface area contributed by atoms with Crippen molar-refractivity contribution in [1.29, 1.82) is 0 Å². The average molecular weight is 257 g/mol. The molecule has 2 rings (SSSR count). The number of aliphatic hydroxyl groups is 1. The summed E-state index contributed by atoms with van der Waals surface area (Å²) in [6.07, 6.45) is 2.27. The van der Waals surface area contributed by atoms with Crippen LogP contribution in [0.15, 0.2) is 0 Å². The topological polar surface area (TPSA) is 59.0 Å². The van der Waals surface area contributed by atoms with Gasteiger partial charge in [0.15, 0.2) is 6.29 Å². The number of hydrogen-bond donors (Lipinski definition) is 1. The Kier molecular flexibility index (Phi) is 3.56. The Morgan fingerprint density at radius 1 is 1.33 bits per heavy atom. The summed E-state index contributed by atoms with van der Waals surface area (Å²) in [6.45, 7) is 6.88. The quantitative estimate of drug-likeness (QED) is 0.720. The van der Waals surface area contributed by atoms with E-state index in [9.17, 15) is 9.90 Å². The minimum Gasteiger partial charge on any atom is -0.444 e. The largest absolute Gasteiger partial charge is 0.444 e. The first-order valence-corrected chi connectivity index (χ1v) is 6.64. The highest BCUT2D eigenvalue weighted by molar-refractivity contribution is 5.68. The van der Waals surface area contributed by atoms with Crippen LogP contribution >= 0.6 is 0 Å². The van der Waals surface area contributed by atoms with Gasteiger partial charge in [0, 0.05) is 19.5 Å². The van der Waals surface area contributed by atoms with Gasteiger partial charge >= 0.3 is 6.09 Å². The summed E-state index contributed by atoms with van der Waals surface area (Å²) in [5.41, 5.74) is -0.663. The highest BCUT2D eigenvalue weighted by Crippen LogP contribution is 2.38. The second kappa shape index (κ2) is 4.70. The molecular formula is C13H23NO4. The van der Waals surface area contributed by atoms with Crippen LogP contribution in [0, 0.1) is 0 Å². The average Bonchev–Trinajstić information content (AvgIpc) is 2.58. The van der Waals surface area contributed by atoms with Crippen LogP contribution in [0.25, 0.3) is 0 Å². The van der Waals surface area contributed by atoms with Gasteiger partial charge in [-0.3, -0.25) is 0 Å². The first kappa shape index (κ1) is 13.6. The maximum absolute atomic E-state index is 11.9.